The number of rotatable bonds is 6. The van der Waals surface area contributed by atoms with Crippen LogP contribution in [0.3, 0.4) is 0 Å². The van der Waals surface area contributed by atoms with Crippen LogP contribution in [-0.4, -0.2) is 26.0 Å². The van der Waals surface area contributed by atoms with Crippen molar-refractivity contribution in [2.45, 2.75) is 5.92 Å². The number of allylic oxidation sites excluding steroid dienone is 4. The van der Waals surface area contributed by atoms with Gasteiger partial charge in [-0.15, -0.1) is 0 Å². The predicted molar refractivity (Wildman–Crippen MR) is 99.1 cm³/mol. The Morgan fingerprint density at radius 3 is 2.70 bits per heavy atom. The van der Waals surface area contributed by atoms with Gasteiger partial charge in [-0.25, -0.2) is 0 Å². The van der Waals surface area contributed by atoms with Crippen LogP contribution in [0.15, 0.2) is 59.8 Å². The number of halogens is 1. The van der Waals surface area contributed by atoms with Crippen LogP contribution >= 0.6 is 23.0 Å². The second kappa shape index (κ2) is 7.79. The van der Waals surface area contributed by atoms with E-state index in [1.54, 1.807) is 30.1 Å². The van der Waals surface area contributed by atoms with E-state index < -0.39 is 0 Å². The molecule has 4 nitrogen and oxygen atoms in total. The average molecular weight is 423 g/mol. The van der Waals surface area contributed by atoms with Crippen molar-refractivity contribution in [3.63, 3.8) is 0 Å². The van der Waals surface area contributed by atoms with Gasteiger partial charge in [0.2, 0.25) is 23.0 Å². The van der Waals surface area contributed by atoms with Crippen molar-refractivity contribution in [3.05, 3.63) is 65.8 Å². The topological polar surface area (TPSA) is 40.0 Å². The Labute approximate surface area is 150 Å². The third-order valence-corrected chi connectivity index (χ3v) is 4.22. The second-order valence-electron chi connectivity index (χ2n) is 5.35. The molecule has 2 aliphatic carbocycles. The van der Waals surface area contributed by atoms with Crippen molar-refractivity contribution in [1.29, 1.82) is 0 Å². The Balaban J connectivity index is 1.82. The van der Waals surface area contributed by atoms with Crippen LogP contribution in [0.2, 0.25) is 0 Å². The first-order valence-corrected chi connectivity index (χ1v) is 8.35. The molecular weight excluding hydrogens is 405 g/mol. The highest BCUT2D eigenvalue weighted by Gasteiger charge is 2.36. The first-order chi connectivity index (χ1) is 11.3. The number of nitrogens with zero attached hydrogens (tertiary/aromatic N) is 1. The number of methoxy groups -OCH3 is 1. The molecule has 0 saturated heterocycles. The molecule has 2 unspecified atom stereocenters. The summed E-state index contributed by atoms with van der Waals surface area (Å²) in [5.41, 5.74) is 3.33. The zero-order chi connectivity index (χ0) is 16.1. The molecule has 0 N–H and O–H groups in total. The SMILES string of the molecule is COC/C=C/COc1ccc2c(c1)/C(=N/OI)C1C=CC=CC21. The molecule has 2 aliphatic rings. The van der Waals surface area contributed by atoms with Gasteiger partial charge in [-0.3, -0.25) is 0 Å². The summed E-state index contributed by atoms with van der Waals surface area (Å²) in [6.07, 6.45) is 12.4. The molecule has 0 aromatic heterocycles. The van der Waals surface area contributed by atoms with Crippen molar-refractivity contribution in [1.82, 2.24) is 0 Å². The number of fused-ring (bicyclic) bond motifs is 3. The smallest absolute Gasteiger partial charge is 0.230 e. The zero-order valence-corrected chi connectivity index (χ0v) is 15.0. The maximum Gasteiger partial charge on any atom is 0.230 e. The van der Waals surface area contributed by atoms with Crippen LogP contribution in [0.25, 0.3) is 0 Å². The summed E-state index contributed by atoms with van der Waals surface area (Å²) in [5, 5.41) is 4.24. The maximum absolute atomic E-state index is 5.78. The van der Waals surface area contributed by atoms with E-state index in [0.717, 1.165) is 17.0 Å². The van der Waals surface area contributed by atoms with E-state index in [9.17, 15) is 0 Å². The Morgan fingerprint density at radius 1 is 1.13 bits per heavy atom. The summed E-state index contributed by atoms with van der Waals surface area (Å²) >= 11 is 1.80. The number of benzene rings is 1. The molecule has 23 heavy (non-hydrogen) atoms. The lowest BCUT2D eigenvalue weighted by atomic mass is 9.88. The molecule has 3 rings (SSSR count). The summed E-state index contributed by atoms with van der Waals surface area (Å²) in [7, 11) is 1.67. The number of hydrogen-bond donors (Lipinski definition) is 0. The van der Waals surface area contributed by atoms with E-state index in [2.05, 4.69) is 35.5 Å². The standard InChI is InChI=1S/C18H18INO3/c1-21-10-4-5-11-22-13-8-9-15-14-6-2-3-7-16(14)18(20-23-19)17(15)12-13/h2-9,12,14,16H,10-11H2,1H3/b5-4+,20-18+. The molecule has 1 aromatic carbocycles. The monoisotopic (exact) mass is 423 g/mol. The fraction of sp³-hybridized carbons (Fsp3) is 0.278. The van der Waals surface area contributed by atoms with Crippen molar-refractivity contribution in [2.24, 2.45) is 11.1 Å². The normalized spacial score (nSPS) is 23.3. The van der Waals surface area contributed by atoms with Crippen LogP contribution in [-0.2, 0) is 7.90 Å². The second-order valence-corrected chi connectivity index (χ2v) is 5.75. The molecule has 5 heteroatoms. The third-order valence-electron chi connectivity index (χ3n) is 4.02. The van der Waals surface area contributed by atoms with E-state index >= 15 is 0 Å². The summed E-state index contributed by atoms with van der Waals surface area (Å²) in [4.78, 5) is 0. The summed E-state index contributed by atoms with van der Waals surface area (Å²) in [6, 6.07) is 6.19. The molecule has 0 spiro atoms. The Morgan fingerprint density at radius 2 is 1.91 bits per heavy atom. The van der Waals surface area contributed by atoms with E-state index in [4.69, 9.17) is 12.6 Å². The lowest BCUT2D eigenvalue weighted by Crippen LogP contribution is -2.12. The van der Waals surface area contributed by atoms with Gasteiger partial charge >= 0.3 is 0 Å². The van der Waals surface area contributed by atoms with Crippen molar-refractivity contribution in [2.75, 3.05) is 20.3 Å². The molecule has 0 bridgehead atoms. The molecule has 1 aromatic rings. The van der Waals surface area contributed by atoms with Crippen molar-refractivity contribution >= 4 is 28.7 Å². The van der Waals surface area contributed by atoms with Crippen molar-refractivity contribution in [3.8, 4) is 5.75 Å². The summed E-state index contributed by atoms with van der Waals surface area (Å²) in [5.74, 6) is 1.40. The first kappa shape index (κ1) is 16.3. The van der Waals surface area contributed by atoms with Gasteiger partial charge < -0.3 is 12.6 Å². The summed E-state index contributed by atoms with van der Waals surface area (Å²) < 4.78 is 15.8. The highest BCUT2D eigenvalue weighted by molar-refractivity contribution is 14.1. The molecule has 120 valence electrons. The highest BCUT2D eigenvalue weighted by Crippen LogP contribution is 2.43. The first-order valence-electron chi connectivity index (χ1n) is 7.47. The van der Waals surface area contributed by atoms with Gasteiger partial charge in [0, 0.05) is 24.5 Å². The van der Waals surface area contributed by atoms with E-state index in [1.165, 1.54) is 5.56 Å². The Bertz CT molecular complexity index is 679. The van der Waals surface area contributed by atoms with E-state index in [-0.39, 0.29) is 5.92 Å². The zero-order valence-electron chi connectivity index (χ0n) is 12.8. The van der Waals surface area contributed by atoms with Gasteiger partial charge in [0.15, 0.2) is 0 Å². The lowest BCUT2D eigenvalue weighted by molar-refractivity contribution is 0.233. The lowest BCUT2D eigenvalue weighted by Gasteiger charge is -2.15. The number of ether oxygens (including phenoxy) is 2. The van der Waals surface area contributed by atoms with Crippen LogP contribution < -0.4 is 4.74 Å². The molecule has 2 atom stereocenters. The fourth-order valence-corrected chi connectivity index (χ4v) is 3.22. The molecule has 0 amide bonds. The molecule has 0 radical (unpaired) electrons. The van der Waals surface area contributed by atoms with E-state index in [0.29, 0.717) is 19.1 Å². The third kappa shape index (κ3) is 3.50. The quantitative estimate of drug-likeness (QED) is 0.392. The van der Waals surface area contributed by atoms with Gasteiger partial charge in [0.25, 0.3) is 0 Å². The number of oxime groups is 1. The Hall–Kier alpha value is -1.60. The Kier molecular flexibility index (Phi) is 5.51. The molecular formula is C18H18INO3. The predicted octanol–water partition coefficient (Wildman–Crippen LogP) is 4.18. The molecule has 0 heterocycles. The average Bonchev–Trinajstić information content (AvgIpc) is 2.89. The highest BCUT2D eigenvalue weighted by atomic mass is 127. The molecule has 0 saturated carbocycles. The van der Waals surface area contributed by atoms with Crippen LogP contribution in [0.4, 0.5) is 0 Å². The van der Waals surface area contributed by atoms with E-state index in [1.807, 2.05) is 24.3 Å². The summed E-state index contributed by atoms with van der Waals surface area (Å²) in [6.45, 7) is 1.11. The van der Waals surface area contributed by atoms with Crippen molar-refractivity contribution < 1.29 is 12.6 Å². The van der Waals surface area contributed by atoms with Crippen LogP contribution in [0.1, 0.15) is 17.0 Å². The largest absolute Gasteiger partial charge is 0.490 e. The fourth-order valence-electron chi connectivity index (χ4n) is 3.01. The van der Waals surface area contributed by atoms with Crippen LogP contribution in [0.5, 0.6) is 5.75 Å². The minimum absolute atomic E-state index is 0.238. The minimum atomic E-state index is 0.238. The van der Waals surface area contributed by atoms with Gasteiger partial charge in [0.1, 0.15) is 12.4 Å². The van der Waals surface area contributed by atoms with Gasteiger partial charge in [-0.1, -0.05) is 41.6 Å². The van der Waals surface area contributed by atoms with Gasteiger partial charge in [-0.05, 0) is 23.8 Å². The van der Waals surface area contributed by atoms with Gasteiger partial charge in [0.05, 0.1) is 12.3 Å². The molecule has 0 aliphatic heterocycles. The van der Waals surface area contributed by atoms with Gasteiger partial charge in [-0.2, -0.15) is 0 Å². The maximum atomic E-state index is 5.78. The number of hydrogen-bond acceptors (Lipinski definition) is 4. The molecule has 0 fully saturated rings. The minimum Gasteiger partial charge on any atom is -0.490 e. The van der Waals surface area contributed by atoms with Crippen LogP contribution in [0, 0.1) is 5.92 Å².